The Bertz CT molecular complexity index is 176. The van der Waals surface area contributed by atoms with E-state index in [9.17, 15) is 4.79 Å². The first-order valence-corrected chi connectivity index (χ1v) is 5.48. The van der Waals surface area contributed by atoms with E-state index in [4.69, 9.17) is 4.74 Å². The first kappa shape index (κ1) is 11.7. The molecule has 3 heteroatoms. The van der Waals surface area contributed by atoms with Gasteiger partial charge in [-0.15, -0.1) is 0 Å². The third kappa shape index (κ3) is 4.72. The molecule has 1 atom stereocenters. The molecular weight excluding hydrogens is 178 g/mol. The molecule has 1 heterocycles. The van der Waals surface area contributed by atoms with Gasteiger partial charge in [0, 0.05) is 26.1 Å². The number of carbonyl (C=O) groups is 1. The van der Waals surface area contributed by atoms with Crippen molar-refractivity contribution in [2.75, 3.05) is 26.7 Å². The molecule has 1 aliphatic heterocycles. The van der Waals surface area contributed by atoms with Crippen LogP contribution < -0.4 is 0 Å². The van der Waals surface area contributed by atoms with Gasteiger partial charge in [-0.25, -0.2) is 0 Å². The fourth-order valence-electron chi connectivity index (χ4n) is 1.74. The van der Waals surface area contributed by atoms with Crippen molar-refractivity contribution in [3.63, 3.8) is 0 Å². The predicted octanol–water partition coefficient (Wildman–Crippen LogP) is 1.47. The molecule has 0 bridgehead atoms. The number of Topliss-reactive ketones (excluding diaryl/α,β-unsaturated/α-hetero) is 1. The molecule has 1 rings (SSSR count). The van der Waals surface area contributed by atoms with Crippen LogP contribution in [0.2, 0.25) is 0 Å². The molecule has 0 aromatic carbocycles. The summed E-state index contributed by atoms with van der Waals surface area (Å²) >= 11 is 0. The molecule has 1 saturated heterocycles. The molecule has 0 amide bonds. The largest absolute Gasteiger partial charge is 0.377 e. The molecule has 3 nitrogen and oxygen atoms in total. The van der Waals surface area contributed by atoms with Crippen LogP contribution >= 0.6 is 0 Å². The van der Waals surface area contributed by atoms with Crippen molar-refractivity contribution < 1.29 is 9.53 Å². The molecule has 1 aliphatic rings. The van der Waals surface area contributed by atoms with E-state index >= 15 is 0 Å². The molecular formula is C11H21NO2. The number of likely N-dealkylation sites (N-methyl/N-ethyl adjacent to an activating group) is 1. The lowest BCUT2D eigenvalue weighted by atomic mass is 10.1. The van der Waals surface area contributed by atoms with Crippen molar-refractivity contribution in [3.05, 3.63) is 0 Å². The van der Waals surface area contributed by atoms with Gasteiger partial charge in [0.25, 0.3) is 0 Å². The monoisotopic (exact) mass is 199 g/mol. The fourth-order valence-corrected chi connectivity index (χ4v) is 1.74. The number of hydrogen-bond donors (Lipinski definition) is 0. The van der Waals surface area contributed by atoms with Crippen molar-refractivity contribution in [1.29, 1.82) is 0 Å². The lowest BCUT2D eigenvalue weighted by Crippen LogP contribution is -2.34. The van der Waals surface area contributed by atoms with Crippen LogP contribution in [-0.2, 0) is 9.53 Å². The van der Waals surface area contributed by atoms with E-state index in [2.05, 4.69) is 11.9 Å². The van der Waals surface area contributed by atoms with Gasteiger partial charge in [0.05, 0.1) is 6.10 Å². The van der Waals surface area contributed by atoms with Crippen LogP contribution in [0.1, 0.15) is 32.6 Å². The summed E-state index contributed by atoms with van der Waals surface area (Å²) in [7, 11) is 2.06. The summed E-state index contributed by atoms with van der Waals surface area (Å²) < 4.78 is 5.63. The zero-order valence-corrected chi connectivity index (χ0v) is 9.29. The van der Waals surface area contributed by atoms with Gasteiger partial charge in [-0.05, 0) is 33.2 Å². The second-order valence-electron chi connectivity index (χ2n) is 4.20. The predicted molar refractivity (Wildman–Crippen MR) is 56.4 cm³/mol. The Labute approximate surface area is 86.4 Å². The van der Waals surface area contributed by atoms with Crippen LogP contribution in [0, 0.1) is 0 Å². The molecule has 82 valence electrons. The van der Waals surface area contributed by atoms with Gasteiger partial charge in [0.15, 0.2) is 0 Å². The average molecular weight is 199 g/mol. The highest BCUT2D eigenvalue weighted by molar-refractivity contribution is 5.75. The topological polar surface area (TPSA) is 29.5 Å². The van der Waals surface area contributed by atoms with Gasteiger partial charge in [-0.3, -0.25) is 4.79 Å². The Morgan fingerprint density at radius 2 is 2.29 bits per heavy atom. The maximum absolute atomic E-state index is 10.8. The standard InChI is InChI=1S/C11H21NO2/c1-10(13)6-7-12(2)9-11-5-3-4-8-14-11/h11H,3-9H2,1-2H3. The van der Waals surface area contributed by atoms with E-state index in [1.807, 2.05) is 0 Å². The third-order valence-electron chi connectivity index (χ3n) is 2.63. The number of ketones is 1. The SMILES string of the molecule is CC(=O)CCN(C)CC1CCCCO1. The molecule has 1 unspecified atom stereocenters. The van der Waals surface area contributed by atoms with Crippen LogP contribution in [0.4, 0.5) is 0 Å². The number of hydrogen-bond acceptors (Lipinski definition) is 3. The van der Waals surface area contributed by atoms with Crippen LogP contribution in [0.15, 0.2) is 0 Å². The number of nitrogens with zero attached hydrogens (tertiary/aromatic N) is 1. The first-order chi connectivity index (χ1) is 6.68. The Balaban J connectivity index is 2.11. The van der Waals surface area contributed by atoms with Gasteiger partial charge in [-0.2, -0.15) is 0 Å². The Hall–Kier alpha value is -0.410. The summed E-state index contributed by atoms with van der Waals surface area (Å²) in [5, 5.41) is 0. The highest BCUT2D eigenvalue weighted by Gasteiger charge is 2.15. The van der Waals surface area contributed by atoms with Crippen molar-refractivity contribution >= 4 is 5.78 Å². The van der Waals surface area contributed by atoms with Crippen LogP contribution in [0.5, 0.6) is 0 Å². The molecule has 0 aromatic rings. The number of rotatable bonds is 5. The molecule has 0 N–H and O–H groups in total. The summed E-state index contributed by atoms with van der Waals surface area (Å²) in [6.45, 7) is 4.37. The van der Waals surface area contributed by atoms with Crippen LogP contribution in [0.25, 0.3) is 0 Å². The number of ether oxygens (including phenoxy) is 1. The normalized spacial score (nSPS) is 22.6. The summed E-state index contributed by atoms with van der Waals surface area (Å²) in [5.41, 5.74) is 0. The smallest absolute Gasteiger partial charge is 0.131 e. The lowest BCUT2D eigenvalue weighted by molar-refractivity contribution is -0.117. The molecule has 0 aromatic heterocycles. The van der Waals surface area contributed by atoms with Gasteiger partial charge in [0.1, 0.15) is 5.78 Å². The Morgan fingerprint density at radius 1 is 1.50 bits per heavy atom. The third-order valence-corrected chi connectivity index (χ3v) is 2.63. The van der Waals surface area contributed by atoms with E-state index in [1.165, 1.54) is 19.3 Å². The van der Waals surface area contributed by atoms with Crippen molar-refractivity contribution in [2.24, 2.45) is 0 Å². The summed E-state index contributed by atoms with van der Waals surface area (Å²) in [5.74, 6) is 0.265. The Morgan fingerprint density at radius 3 is 2.86 bits per heavy atom. The van der Waals surface area contributed by atoms with E-state index in [0.717, 1.165) is 19.7 Å². The van der Waals surface area contributed by atoms with Crippen molar-refractivity contribution in [3.8, 4) is 0 Å². The molecule has 1 fully saturated rings. The molecule has 0 radical (unpaired) electrons. The Kier molecular flexibility index (Phi) is 5.12. The quantitative estimate of drug-likeness (QED) is 0.671. The van der Waals surface area contributed by atoms with E-state index in [-0.39, 0.29) is 5.78 Å². The van der Waals surface area contributed by atoms with Gasteiger partial charge < -0.3 is 9.64 Å². The maximum Gasteiger partial charge on any atom is 0.131 e. The van der Waals surface area contributed by atoms with Gasteiger partial charge in [0.2, 0.25) is 0 Å². The summed E-state index contributed by atoms with van der Waals surface area (Å²) in [4.78, 5) is 13.0. The van der Waals surface area contributed by atoms with Crippen LogP contribution in [-0.4, -0.2) is 43.5 Å². The van der Waals surface area contributed by atoms with E-state index < -0.39 is 0 Å². The average Bonchev–Trinajstić information content (AvgIpc) is 2.16. The zero-order valence-electron chi connectivity index (χ0n) is 9.29. The van der Waals surface area contributed by atoms with Crippen molar-refractivity contribution in [2.45, 2.75) is 38.7 Å². The van der Waals surface area contributed by atoms with Gasteiger partial charge in [-0.1, -0.05) is 0 Å². The molecule has 0 saturated carbocycles. The maximum atomic E-state index is 10.8. The van der Waals surface area contributed by atoms with Crippen LogP contribution in [0.3, 0.4) is 0 Å². The molecule has 14 heavy (non-hydrogen) atoms. The second kappa shape index (κ2) is 6.14. The summed E-state index contributed by atoms with van der Waals surface area (Å²) in [6, 6.07) is 0. The minimum Gasteiger partial charge on any atom is -0.377 e. The summed E-state index contributed by atoms with van der Waals surface area (Å²) in [6.07, 6.45) is 4.70. The van der Waals surface area contributed by atoms with E-state index in [0.29, 0.717) is 12.5 Å². The zero-order chi connectivity index (χ0) is 10.4. The second-order valence-corrected chi connectivity index (χ2v) is 4.20. The highest BCUT2D eigenvalue weighted by atomic mass is 16.5. The molecule has 0 aliphatic carbocycles. The lowest BCUT2D eigenvalue weighted by Gasteiger charge is -2.27. The van der Waals surface area contributed by atoms with E-state index in [1.54, 1.807) is 6.92 Å². The minimum atomic E-state index is 0.265. The molecule has 0 spiro atoms. The van der Waals surface area contributed by atoms with Crippen molar-refractivity contribution in [1.82, 2.24) is 4.90 Å². The highest BCUT2D eigenvalue weighted by Crippen LogP contribution is 2.13. The first-order valence-electron chi connectivity index (χ1n) is 5.48. The van der Waals surface area contributed by atoms with Gasteiger partial charge >= 0.3 is 0 Å². The number of carbonyl (C=O) groups excluding carboxylic acids is 1. The minimum absolute atomic E-state index is 0.265. The fraction of sp³-hybridized carbons (Fsp3) is 0.909.